The second-order valence-corrected chi connectivity index (χ2v) is 15.4. The molecule has 0 aliphatic carbocycles. The van der Waals surface area contributed by atoms with Gasteiger partial charge in [0.25, 0.3) is 5.56 Å². The lowest BCUT2D eigenvalue weighted by Crippen LogP contribution is -2.41. The molecule has 35 heavy (non-hydrogen) atoms. The zero-order chi connectivity index (χ0) is 26.6. The van der Waals surface area contributed by atoms with Gasteiger partial charge in [-0.3, -0.25) is 18.7 Å². The number of hydrogen-bond acceptors (Lipinski definition) is 7. The van der Waals surface area contributed by atoms with Crippen LogP contribution in [0.5, 0.6) is 0 Å². The number of fused-ring (bicyclic) bond motifs is 1. The molecule has 9 nitrogen and oxygen atoms in total. The lowest BCUT2D eigenvalue weighted by Gasteiger charge is -2.36. The fourth-order valence-corrected chi connectivity index (χ4v) is 3.96. The van der Waals surface area contributed by atoms with E-state index in [-0.39, 0.29) is 41.3 Å². The third kappa shape index (κ3) is 7.12. The highest BCUT2D eigenvalue weighted by Crippen LogP contribution is 2.37. The van der Waals surface area contributed by atoms with Gasteiger partial charge in [0.2, 0.25) is 0 Å². The van der Waals surface area contributed by atoms with Crippen molar-refractivity contribution in [3.05, 3.63) is 32.2 Å². The molecule has 2 aromatic heterocycles. The molecule has 0 spiro atoms. The molecule has 0 saturated carbocycles. The summed E-state index contributed by atoms with van der Waals surface area (Å²) in [6, 6.07) is 0. The third-order valence-electron chi connectivity index (χ3n) is 6.11. The van der Waals surface area contributed by atoms with Crippen molar-refractivity contribution in [3.8, 4) is 11.8 Å². The molecule has 0 atom stereocenters. The number of unbranched alkanes of at least 4 members (excludes halogenated alkanes) is 1. The van der Waals surface area contributed by atoms with Gasteiger partial charge in [0.1, 0.15) is 11.4 Å². The van der Waals surface area contributed by atoms with Crippen molar-refractivity contribution in [2.45, 2.75) is 85.7 Å². The van der Waals surface area contributed by atoms with Crippen LogP contribution in [0.15, 0.2) is 9.59 Å². The summed E-state index contributed by atoms with van der Waals surface area (Å²) in [5.41, 5.74) is 0.281. The maximum absolute atomic E-state index is 12.9. The van der Waals surface area contributed by atoms with Crippen LogP contribution in [0.1, 0.15) is 65.8 Å². The SMILES string of the molecule is CC(=O)OCCCC#Cc1nc2c(=O)n(C)c(=O)n(CC(C)C)c2nc1CO[Si](C)(C)C(C)(C)C. The summed E-state index contributed by atoms with van der Waals surface area (Å²) in [4.78, 5) is 46.0. The summed E-state index contributed by atoms with van der Waals surface area (Å²) in [5, 5.41) is -0.00445. The van der Waals surface area contributed by atoms with E-state index in [1.165, 1.54) is 18.5 Å². The summed E-state index contributed by atoms with van der Waals surface area (Å²) >= 11 is 0. The molecule has 0 radical (unpaired) electrons. The van der Waals surface area contributed by atoms with Gasteiger partial charge in [-0.1, -0.05) is 40.5 Å². The summed E-state index contributed by atoms with van der Waals surface area (Å²) in [5.74, 6) is 5.90. The van der Waals surface area contributed by atoms with Crippen LogP contribution in [0, 0.1) is 17.8 Å². The third-order valence-corrected chi connectivity index (χ3v) is 10.6. The normalized spacial score (nSPS) is 12.1. The first kappa shape index (κ1) is 28.5. The minimum Gasteiger partial charge on any atom is -0.466 e. The van der Waals surface area contributed by atoms with Gasteiger partial charge < -0.3 is 9.16 Å². The summed E-state index contributed by atoms with van der Waals surface area (Å²) < 4.78 is 13.9. The Morgan fingerprint density at radius 2 is 1.83 bits per heavy atom. The molecule has 192 valence electrons. The second-order valence-electron chi connectivity index (χ2n) is 10.6. The largest absolute Gasteiger partial charge is 0.466 e. The molecule has 0 fully saturated rings. The monoisotopic (exact) mass is 502 g/mol. The topological polar surface area (TPSA) is 105 Å². The van der Waals surface area contributed by atoms with E-state index in [1.807, 2.05) is 13.8 Å². The Morgan fingerprint density at radius 1 is 1.17 bits per heavy atom. The van der Waals surface area contributed by atoms with Crippen molar-refractivity contribution in [1.82, 2.24) is 19.1 Å². The number of carbonyl (C=O) groups excluding carboxylic acids is 1. The Labute approximate surface area is 208 Å². The zero-order valence-electron chi connectivity index (χ0n) is 22.4. The average Bonchev–Trinajstić information content (AvgIpc) is 2.75. The van der Waals surface area contributed by atoms with E-state index in [1.54, 1.807) is 0 Å². The molecule has 0 bridgehead atoms. The maximum Gasteiger partial charge on any atom is 0.332 e. The van der Waals surface area contributed by atoms with Gasteiger partial charge >= 0.3 is 11.7 Å². The van der Waals surface area contributed by atoms with Crippen LogP contribution in [0.3, 0.4) is 0 Å². The van der Waals surface area contributed by atoms with E-state index in [4.69, 9.17) is 14.1 Å². The molecule has 0 aromatic carbocycles. The highest BCUT2D eigenvalue weighted by molar-refractivity contribution is 6.74. The first-order valence-corrected chi connectivity index (χ1v) is 14.8. The summed E-state index contributed by atoms with van der Waals surface area (Å²) in [7, 11) is -0.665. The van der Waals surface area contributed by atoms with Crippen LogP contribution in [0.4, 0.5) is 0 Å². The Balaban J connectivity index is 2.60. The lowest BCUT2D eigenvalue weighted by molar-refractivity contribution is -0.141. The molecule has 0 aliphatic heterocycles. The molecule has 2 rings (SSSR count). The van der Waals surface area contributed by atoms with Crippen LogP contribution < -0.4 is 11.2 Å². The second kappa shape index (κ2) is 11.3. The molecule has 2 heterocycles. The standard InChI is InChI=1S/C25H38N4O5Si/c1-17(2)15-29-22-21(23(31)28(7)24(29)32)26-19(13-11-10-12-14-33-18(3)30)20(27-22)16-34-35(8,9)25(4,5)6/h17H,10,12,14-16H2,1-9H3. The molecule has 2 aromatic rings. The van der Waals surface area contributed by atoms with E-state index in [0.29, 0.717) is 30.8 Å². The fraction of sp³-hybridized carbons (Fsp3) is 0.640. The van der Waals surface area contributed by atoms with Crippen molar-refractivity contribution in [3.63, 3.8) is 0 Å². The predicted molar refractivity (Wildman–Crippen MR) is 139 cm³/mol. The molecule has 0 saturated heterocycles. The van der Waals surface area contributed by atoms with E-state index in [0.717, 1.165) is 4.57 Å². The Morgan fingerprint density at radius 3 is 2.40 bits per heavy atom. The van der Waals surface area contributed by atoms with Gasteiger partial charge in [0.05, 0.1) is 13.2 Å². The molecular weight excluding hydrogens is 464 g/mol. The molecule has 0 N–H and O–H groups in total. The Hall–Kier alpha value is -2.77. The number of carbonyl (C=O) groups is 1. The predicted octanol–water partition coefficient (Wildman–Crippen LogP) is 3.36. The van der Waals surface area contributed by atoms with E-state index >= 15 is 0 Å². The lowest BCUT2D eigenvalue weighted by atomic mass is 10.2. The summed E-state index contributed by atoms with van der Waals surface area (Å²) in [6.45, 7) is 17.0. The molecular formula is C25H38N4O5Si. The van der Waals surface area contributed by atoms with Crippen LogP contribution in [0.25, 0.3) is 11.2 Å². The number of esters is 1. The minimum absolute atomic E-state index is 0.00445. The van der Waals surface area contributed by atoms with E-state index in [9.17, 15) is 14.4 Å². The first-order chi connectivity index (χ1) is 16.2. The van der Waals surface area contributed by atoms with Crippen molar-refractivity contribution >= 4 is 25.5 Å². The van der Waals surface area contributed by atoms with Gasteiger partial charge in [-0.2, -0.15) is 0 Å². The van der Waals surface area contributed by atoms with E-state index < -0.39 is 19.6 Å². The fourth-order valence-electron chi connectivity index (χ4n) is 3.03. The van der Waals surface area contributed by atoms with Gasteiger partial charge in [-0.25, -0.2) is 14.8 Å². The molecule has 10 heteroatoms. The van der Waals surface area contributed by atoms with Crippen molar-refractivity contribution in [2.75, 3.05) is 6.61 Å². The first-order valence-electron chi connectivity index (χ1n) is 11.9. The van der Waals surface area contributed by atoms with Crippen molar-refractivity contribution < 1.29 is 14.0 Å². The van der Waals surface area contributed by atoms with Crippen molar-refractivity contribution in [1.29, 1.82) is 0 Å². The smallest absolute Gasteiger partial charge is 0.332 e. The molecule has 0 amide bonds. The van der Waals surface area contributed by atoms with Crippen LogP contribution in [0.2, 0.25) is 18.1 Å². The number of aromatic nitrogens is 4. The highest BCUT2D eigenvalue weighted by Gasteiger charge is 2.37. The summed E-state index contributed by atoms with van der Waals surface area (Å²) in [6.07, 6.45) is 1.07. The van der Waals surface area contributed by atoms with Gasteiger partial charge in [-0.05, 0) is 36.4 Å². The molecule has 0 aliphatic rings. The number of ether oxygens (including phenoxy) is 1. The maximum atomic E-state index is 12.9. The minimum atomic E-state index is -2.11. The Bertz CT molecular complexity index is 1260. The quantitative estimate of drug-likeness (QED) is 0.236. The van der Waals surface area contributed by atoms with Crippen molar-refractivity contribution in [2.24, 2.45) is 13.0 Å². The number of hydrogen-bond donors (Lipinski definition) is 0. The average molecular weight is 503 g/mol. The number of nitrogens with zero attached hydrogens (tertiary/aromatic N) is 4. The number of rotatable bonds is 8. The van der Waals surface area contributed by atoms with Gasteiger partial charge in [-0.15, -0.1) is 0 Å². The van der Waals surface area contributed by atoms with Gasteiger partial charge in [0, 0.05) is 26.9 Å². The van der Waals surface area contributed by atoms with E-state index in [2.05, 4.69) is 50.7 Å². The van der Waals surface area contributed by atoms with Crippen LogP contribution in [-0.4, -0.2) is 40.0 Å². The van der Waals surface area contributed by atoms with Crippen LogP contribution >= 0.6 is 0 Å². The van der Waals surface area contributed by atoms with Gasteiger partial charge in [0.15, 0.2) is 19.5 Å². The molecule has 0 unspecified atom stereocenters. The highest BCUT2D eigenvalue weighted by atomic mass is 28.4. The van der Waals surface area contributed by atoms with Crippen LogP contribution in [-0.2, 0) is 34.2 Å². The zero-order valence-corrected chi connectivity index (χ0v) is 23.4. The Kier molecular flexibility index (Phi) is 9.20.